The van der Waals surface area contributed by atoms with Gasteiger partial charge in [-0.1, -0.05) is 6.07 Å². The van der Waals surface area contributed by atoms with Crippen LogP contribution in [0.1, 0.15) is 18.9 Å². The fourth-order valence-electron chi connectivity index (χ4n) is 3.33. The lowest BCUT2D eigenvalue weighted by Gasteiger charge is -2.16. The van der Waals surface area contributed by atoms with Crippen molar-refractivity contribution < 1.29 is 28.8 Å². The summed E-state index contributed by atoms with van der Waals surface area (Å²) in [6, 6.07) is 11.2. The van der Waals surface area contributed by atoms with Crippen LogP contribution in [0.4, 0.5) is 17.1 Å². The topological polar surface area (TPSA) is 128 Å². The number of nitro groups is 1. The first kappa shape index (κ1) is 22.7. The van der Waals surface area contributed by atoms with Crippen molar-refractivity contribution in [2.45, 2.75) is 20.3 Å². The Kier molecular flexibility index (Phi) is 7.04. The minimum absolute atomic E-state index is 0.0262. The third-order valence-corrected chi connectivity index (χ3v) is 4.95. The van der Waals surface area contributed by atoms with E-state index in [1.54, 1.807) is 43.3 Å². The number of anilines is 2. The van der Waals surface area contributed by atoms with Crippen LogP contribution in [0.5, 0.6) is 5.75 Å². The molecule has 168 valence electrons. The summed E-state index contributed by atoms with van der Waals surface area (Å²) in [6.07, 6.45) is -0.0962. The van der Waals surface area contributed by atoms with Crippen molar-refractivity contribution in [1.82, 2.24) is 0 Å². The first-order valence-corrected chi connectivity index (χ1v) is 10.0. The Bertz CT molecular complexity index is 1040. The van der Waals surface area contributed by atoms with Gasteiger partial charge in [-0.3, -0.25) is 24.5 Å². The highest BCUT2D eigenvalue weighted by atomic mass is 16.6. The van der Waals surface area contributed by atoms with Gasteiger partial charge in [0.25, 0.3) is 11.6 Å². The molecule has 10 heteroatoms. The molecule has 0 aromatic heterocycles. The molecule has 0 aliphatic carbocycles. The van der Waals surface area contributed by atoms with Crippen LogP contribution in [0.25, 0.3) is 0 Å². The molecule has 0 radical (unpaired) electrons. The van der Waals surface area contributed by atoms with Crippen molar-refractivity contribution in [3.8, 4) is 5.75 Å². The Balaban J connectivity index is 1.54. The molecule has 0 spiro atoms. The maximum atomic E-state index is 12.4. The Labute approximate surface area is 184 Å². The third kappa shape index (κ3) is 5.39. The highest BCUT2D eigenvalue weighted by Gasteiger charge is 2.37. The molecule has 2 aromatic carbocycles. The van der Waals surface area contributed by atoms with Crippen LogP contribution in [-0.2, 0) is 19.1 Å². The van der Waals surface area contributed by atoms with Crippen LogP contribution < -0.4 is 15.0 Å². The molecule has 1 fully saturated rings. The van der Waals surface area contributed by atoms with E-state index in [0.29, 0.717) is 29.3 Å². The fourth-order valence-corrected chi connectivity index (χ4v) is 3.33. The predicted octanol–water partition coefficient (Wildman–Crippen LogP) is 2.84. The number of carbonyl (C=O) groups excluding carboxylic acids is 3. The van der Waals surface area contributed by atoms with E-state index in [-0.39, 0.29) is 24.6 Å². The van der Waals surface area contributed by atoms with Crippen molar-refractivity contribution >= 4 is 34.8 Å². The SMILES string of the molecule is CCOc1ccc(NC(=O)COC(=O)[C@H]2CC(=O)N(c3ccc(C)c([N+](=O)[O-])c3)C2)cc1. The van der Waals surface area contributed by atoms with Gasteiger partial charge in [0, 0.05) is 30.3 Å². The maximum absolute atomic E-state index is 12.4. The monoisotopic (exact) mass is 441 g/mol. The number of carbonyl (C=O) groups is 3. The zero-order valence-corrected chi connectivity index (χ0v) is 17.7. The standard InChI is InChI=1S/C22H23N3O7/c1-3-31-18-8-5-16(6-9-18)23-20(26)13-32-22(28)15-10-21(27)24(12-15)17-7-4-14(2)19(11-17)25(29)30/h4-9,11,15H,3,10,12-13H2,1-2H3,(H,23,26)/t15-/m0/s1. The Morgan fingerprint density at radius 3 is 2.59 bits per heavy atom. The van der Waals surface area contributed by atoms with Crippen LogP contribution >= 0.6 is 0 Å². The van der Waals surface area contributed by atoms with Crippen molar-refractivity contribution in [3.63, 3.8) is 0 Å². The Morgan fingerprint density at radius 1 is 1.22 bits per heavy atom. The number of hydrogen-bond acceptors (Lipinski definition) is 7. The number of amides is 2. The second kappa shape index (κ2) is 9.90. The summed E-state index contributed by atoms with van der Waals surface area (Å²) in [7, 11) is 0. The predicted molar refractivity (Wildman–Crippen MR) is 115 cm³/mol. The highest BCUT2D eigenvalue weighted by molar-refractivity contribution is 6.00. The molecular formula is C22H23N3O7. The molecule has 2 aromatic rings. The molecule has 1 atom stereocenters. The number of nitro benzene ring substituents is 1. The van der Waals surface area contributed by atoms with E-state index in [2.05, 4.69) is 5.32 Å². The summed E-state index contributed by atoms with van der Waals surface area (Å²) >= 11 is 0. The lowest BCUT2D eigenvalue weighted by atomic mass is 10.1. The van der Waals surface area contributed by atoms with E-state index < -0.39 is 29.3 Å². The fraction of sp³-hybridized carbons (Fsp3) is 0.318. The summed E-state index contributed by atoms with van der Waals surface area (Å²) in [5, 5.41) is 13.8. The average molecular weight is 441 g/mol. The van der Waals surface area contributed by atoms with E-state index in [0.717, 1.165) is 0 Å². The van der Waals surface area contributed by atoms with Gasteiger partial charge >= 0.3 is 5.97 Å². The molecule has 0 bridgehead atoms. The molecule has 0 unspecified atom stereocenters. The summed E-state index contributed by atoms with van der Waals surface area (Å²) in [6.45, 7) is 3.53. The molecule has 1 saturated heterocycles. The molecule has 2 amide bonds. The number of ether oxygens (including phenoxy) is 2. The summed E-state index contributed by atoms with van der Waals surface area (Å²) in [5.41, 5.74) is 1.24. The minimum atomic E-state index is -0.763. The van der Waals surface area contributed by atoms with Crippen molar-refractivity contribution in [3.05, 3.63) is 58.1 Å². The lowest BCUT2D eigenvalue weighted by molar-refractivity contribution is -0.385. The Morgan fingerprint density at radius 2 is 1.94 bits per heavy atom. The molecule has 1 N–H and O–H groups in total. The number of benzene rings is 2. The number of aryl methyl sites for hydroxylation is 1. The smallest absolute Gasteiger partial charge is 0.311 e. The van der Waals surface area contributed by atoms with Gasteiger partial charge in [-0.15, -0.1) is 0 Å². The van der Waals surface area contributed by atoms with E-state index in [4.69, 9.17) is 9.47 Å². The van der Waals surface area contributed by atoms with Gasteiger partial charge < -0.3 is 19.7 Å². The molecular weight excluding hydrogens is 418 g/mol. The van der Waals surface area contributed by atoms with Crippen molar-refractivity contribution in [2.24, 2.45) is 5.92 Å². The zero-order valence-electron chi connectivity index (χ0n) is 17.7. The van der Waals surface area contributed by atoms with E-state index in [9.17, 15) is 24.5 Å². The number of nitrogens with zero attached hydrogens (tertiary/aromatic N) is 2. The van der Waals surface area contributed by atoms with Gasteiger partial charge in [-0.2, -0.15) is 0 Å². The second-order valence-electron chi connectivity index (χ2n) is 7.25. The highest BCUT2D eigenvalue weighted by Crippen LogP contribution is 2.30. The van der Waals surface area contributed by atoms with Gasteiger partial charge in [0.2, 0.25) is 5.91 Å². The first-order chi connectivity index (χ1) is 15.3. The summed E-state index contributed by atoms with van der Waals surface area (Å²) in [5.74, 6) is -1.63. The van der Waals surface area contributed by atoms with Crippen molar-refractivity contribution in [2.75, 3.05) is 30.0 Å². The van der Waals surface area contributed by atoms with Gasteiger partial charge in [0.15, 0.2) is 6.61 Å². The molecule has 32 heavy (non-hydrogen) atoms. The molecule has 0 saturated carbocycles. The number of hydrogen-bond donors (Lipinski definition) is 1. The van der Waals surface area contributed by atoms with Crippen LogP contribution in [-0.4, -0.2) is 42.5 Å². The van der Waals surface area contributed by atoms with Crippen molar-refractivity contribution in [1.29, 1.82) is 0 Å². The number of nitrogens with one attached hydrogen (secondary N) is 1. The molecule has 1 heterocycles. The first-order valence-electron chi connectivity index (χ1n) is 10.0. The molecule has 1 aliphatic heterocycles. The molecule has 10 nitrogen and oxygen atoms in total. The van der Waals surface area contributed by atoms with Gasteiger partial charge in [0.1, 0.15) is 5.75 Å². The summed E-state index contributed by atoms with van der Waals surface area (Å²) < 4.78 is 10.4. The van der Waals surface area contributed by atoms with Crippen LogP contribution in [0.3, 0.4) is 0 Å². The number of rotatable bonds is 8. The molecule has 3 rings (SSSR count). The largest absolute Gasteiger partial charge is 0.494 e. The normalized spacial score (nSPS) is 15.4. The molecule has 1 aliphatic rings. The van der Waals surface area contributed by atoms with E-state index in [1.165, 1.54) is 11.0 Å². The Hall–Kier alpha value is -3.95. The van der Waals surface area contributed by atoms with E-state index >= 15 is 0 Å². The van der Waals surface area contributed by atoms with Gasteiger partial charge in [0.05, 0.1) is 23.1 Å². The minimum Gasteiger partial charge on any atom is -0.494 e. The van der Waals surface area contributed by atoms with Gasteiger partial charge in [-0.05, 0) is 44.2 Å². The zero-order chi connectivity index (χ0) is 23.3. The van der Waals surface area contributed by atoms with Crippen LogP contribution in [0.2, 0.25) is 0 Å². The van der Waals surface area contributed by atoms with Gasteiger partial charge in [-0.25, -0.2) is 0 Å². The maximum Gasteiger partial charge on any atom is 0.311 e. The quantitative estimate of drug-likeness (QED) is 0.379. The van der Waals surface area contributed by atoms with Crippen LogP contribution in [0.15, 0.2) is 42.5 Å². The number of esters is 1. The lowest BCUT2D eigenvalue weighted by Crippen LogP contribution is -2.28. The van der Waals surface area contributed by atoms with E-state index in [1.807, 2.05) is 6.92 Å². The second-order valence-corrected chi connectivity index (χ2v) is 7.25. The third-order valence-electron chi connectivity index (χ3n) is 4.95. The van der Waals surface area contributed by atoms with Crippen LogP contribution in [0, 0.1) is 23.0 Å². The summed E-state index contributed by atoms with van der Waals surface area (Å²) in [4.78, 5) is 48.7. The average Bonchev–Trinajstić information content (AvgIpc) is 3.15.